The molecule has 7 heteroatoms. The van der Waals surface area contributed by atoms with Gasteiger partial charge in [-0.2, -0.15) is 0 Å². The fraction of sp³-hybridized carbons (Fsp3) is 0.688. The Bertz CT molecular complexity index is 559. The number of likely N-dealkylation sites (tertiary alicyclic amines) is 1. The number of amides is 1. The zero-order valence-electron chi connectivity index (χ0n) is 13.3. The van der Waals surface area contributed by atoms with E-state index in [0.29, 0.717) is 17.7 Å². The van der Waals surface area contributed by atoms with Crippen LogP contribution in [-0.2, 0) is 0 Å². The summed E-state index contributed by atoms with van der Waals surface area (Å²) in [5.74, 6) is 1.41. The predicted octanol–water partition coefficient (Wildman–Crippen LogP) is 0.895. The standard InChI is InChI=1S/C16H23N5O.ClH/c22-16(14-3-5-18-15(19-14)12-1-2-12)21-8-4-13(11-21)20-9-6-17-7-10-20;/h3,5,12-13,17H,1-2,4,6-11H2;1H. The maximum absolute atomic E-state index is 12.7. The molecule has 6 nitrogen and oxygen atoms in total. The molecule has 2 aliphatic heterocycles. The number of rotatable bonds is 3. The third kappa shape index (κ3) is 3.65. The summed E-state index contributed by atoms with van der Waals surface area (Å²) in [5.41, 5.74) is 0.567. The van der Waals surface area contributed by atoms with E-state index in [1.165, 1.54) is 0 Å². The zero-order chi connectivity index (χ0) is 14.9. The number of hydrogen-bond donors (Lipinski definition) is 1. The van der Waals surface area contributed by atoms with Gasteiger partial charge >= 0.3 is 0 Å². The molecule has 0 bridgehead atoms. The molecule has 4 rings (SSSR count). The second kappa shape index (κ2) is 7.11. The Balaban J connectivity index is 0.00000156. The molecule has 1 saturated carbocycles. The van der Waals surface area contributed by atoms with Crippen LogP contribution in [-0.4, -0.2) is 71.0 Å². The normalized spacial score (nSPS) is 25.2. The molecule has 0 radical (unpaired) electrons. The van der Waals surface area contributed by atoms with Crippen LogP contribution in [0.4, 0.5) is 0 Å². The maximum atomic E-state index is 12.7. The van der Waals surface area contributed by atoms with Gasteiger partial charge < -0.3 is 10.2 Å². The van der Waals surface area contributed by atoms with Crippen LogP contribution < -0.4 is 5.32 Å². The SMILES string of the molecule is Cl.O=C(c1ccnc(C2CC2)n1)N1CCC(N2CCNCC2)C1. The van der Waals surface area contributed by atoms with Crippen molar-refractivity contribution in [2.45, 2.75) is 31.2 Å². The lowest BCUT2D eigenvalue weighted by molar-refractivity contribution is 0.0767. The molecule has 1 unspecified atom stereocenters. The molecule has 0 aromatic carbocycles. The third-order valence-electron chi connectivity index (χ3n) is 4.95. The van der Waals surface area contributed by atoms with Crippen molar-refractivity contribution in [2.24, 2.45) is 0 Å². The Labute approximate surface area is 143 Å². The smallest absolute Gasteiger partial charge is 0.272 e. The molecule has 1 aromatic heterocycles. The minimum atomic E-state index is 0. The largest absolute Gasteiger partial charge is 0.336 e. The van der Waals surface area contributed by atoms with Gasteiger partial charge in [-0.05, 0) is 25.3 Å². The number of hydrogen-bond acceptors (Lipinski definition) is 5. The average Bonchev–Trinajstić information content (AvgIpc) is 3.32. The highest BCUT2D eigenvalue weighted by molar-refractivity contribution is 5.92. The number of carbonyl (C=O) groups is 1. The first kappa shape index (κ1) is 16.6. The monoisotopic (exact) mass is 337 g/mol. The molecule has 1 atom stereocenters. The second-order valence-corrected chi connectivity index (χ2v) is 6.55. The van der Waals surface area contributed by atoms with E-state index in [9.17, 15) is 4.79 Å². The van der Waals surface area contributed by atoms with E-state index in [2.05, 4.69) is 20.2 Å². The fourth-order valence-corrected chi connectivity index (χ4v) is 3.46. The van der Waals surface area contributed by atoms with Gasteiger partial charge in [-0.1, -0.05) is 0 Å². The van der Waals surface area contributed by atoms with Crippen LogP contribution in [0.25, 0.3) is 0 Å². The summed E-state index contributed by atoms with van der Waals surface area (Å²) in [7, 11) is 0. The first-order valence-electron chi connectivity index (χ1n) is 8.38. The lowest BCUT2D eigenvalue weighted by atomic mass is 10.2. The van der Waals surface area contributed by atoms with Crippen LogP contribution in [0.3, 0.4) is 0 Å². The van der Waals surface area contributed by atoms with Gasteiger partial charge in [0.1, 0.15) is 11.5 Å². The van der Waals surface area contributed by atoms with Crippen molar-refractivity contribution < 1.29 is 4.79 Å². The van der Waals surface area contributed by atoms with E-state index < -0.39 is 0 Å². The van der Waals surface area contributed by atoms with E-state index in [1.54, 1.807) is 12.3 Å². The molecule has 3 fully saturated rings. The molecule has 1 aliphatic carbocycles. The van der Waals surface area contributed by atoms with Crippen LogP contribution in [0.5, 0.6) is 0 Å². The number of nitrogens with one attached hydrogen (secondary N) is 1. The van der Waals surface area contributed by atoms with Crippen LogP contribution in [0.15, 0.2) is 12.3 Å². The van der Waals surface area contributed by atoms with Crippen molar-refractivity contribution in [3.63, 3.8) is 0 Å². The molecule has 1 N–H and O–H groups in total. The minimum Gasteiger partial charge on any atom is -0.336 e. The summed E-state index contributed by atoms with van der Waals surface area (Å²) in [4.78, 5) is 25.9. The molecular formula is C16H24ClN5O. The molecule has 1 aromatic rings. The Kier molecular flexibility index (Phi) is 5.14. The van der Waals surface area contributed by atoms with Gasteiger partial charge in [-0.15, -0.1) is 12.4 Å². The van der Waals surface area contributed by atoms with Gasteiger partial charge in [-0.3, -0.25) is 9.69 Å². The Hall–Kier alpha value is -1.24. The fourth-order valence-electron chi connectivity index (χ4n) is 3.46. The van der Waals surface area contributed by atoms with E-state index in [4.69, 9.17) is 0 Å². The van der Waals surface area contributed by atoms with Crippen LogP contribution in [0.1, 0.15) is 41.5 Å². The first-order valence-corrected chi connectivity index (χ1v) is 8.38. The summed E-state index contributed by atoms with van der Waals surface area (Å²) in [6.07, 6.45) is 5.13. The van der Waals surface area contributed by atoms with Crippen LogP contribution in [0, 0.1) is 0 Å². The highest BCUT2D eigenvalue weighted by atomic mass is 35.5. The number of halogens is 1. The predicted molar refractivity (Wildman–Crippen MR) is 90.0 cm³/mol. The molecule has 3 aliphatic rings. The number of carbonyl (C=O) groups excluding carboxylic acids is 1. The van der Waals surface area contributed by atoms with Crippen molar-refractivity contribution in [3.8, 4) is 0 Å². The Morgan fingerprint density at radius 1 is 1.17 bits per heavy atom. The van der Waals surface area contributed by atoms with Crippen molar-refractivity contribution in [2.75, 3.05) is 39.3 Å². The minimum absolute atomic E-state index is 0. The molecule has 23 heavy (non-hydrogen) atoms. The number of nitrogens with zero attached hydrogens (tertiary/aromatic N) is 4. The summed E-state index contributed by atoms with van der Waals surface area (Å²) >= 11 is 0. The quantitative estimate of drug-likeness (QED) is 0.888. The van der Waals surface area contributed by atoms with Gasteiger partial charge in [0.2, 0.25) is 0 Å². The van der Waals surface area contributed by atoms with Gasteiger partial charge in [0, 0.05) is 57.4 Å². The third-order valence-corrected chi connectivity index (χ3v) is 4.95. The molecule has 3 heterocycles. The van der Waals surface area contributed by atoms with Crippen molar-refractivity contribution in [3.05, 3.63) is 23.8 Å². The molecule has 2 saturated heterocycles. The van der Waals surface area contributed by atoms with E-state index in [0.717, 1.165) is 64.4 Å². The maximum Gasteiger partial charge on any atom is 0.272 e. The second-order valence-electron chi connectivity index (χ2n) is 6.55. The van der Waals surface area contributed by atoms with Crippen LogP contribution >= 0.6 is 12.4 Å². The highest BCUT2D eigenvalue weighted by Gasteiger charge is 2.32. The Morgan fingerprint density at radius 3 is 2.70 bits per heavy atom. The van der Waals surface area contributed by atoms with Gasteiger partial charge in [0.05, 0.1) is 0 Å². The lowest BCUT2D eigenvalue weighted by Crippen LogP contribution is -2.49. The Morgan fingerprint density at radius 2 is 1.96 bits per heavy atom. The van der Waals surface area contributed by atoms with Crippen LogP contribution in [0.2, 0.25) is 0 Å². The van der Waals surface area contributed by atoms with E-state index in [-0.39, 0.29) is 18.3 Å². The zero-order valence-corrected chi connectivity index (χ0v) is 14.1. The highest BCUT2D eigenvalue weighted by Crippen LogP contribution is 2.37. The first-order chi connectivity index (χ1) is 10.8. The van der Waals surface area contributed by atoms with Crippen molar-refractivity contribution in [1.29, 1.82) is 0 Å². The van der Waals surface area contributed by atoms with Gasteiger partial charge in [-0.25, -0.2) is 9.97 Å². The van der Waals surface area contributed by atoms with Gasteiger partial charge in [0.25, 0.3) is 5.91 Å². The number of piperazine rings is 1. The summed E-state index contributed by atoms with van der Waals surface area (Å²) in [6, 6.07) is 2.27. The topological polar surface area (TPSA) is 61.4 Å². The average molecular weight is 338 g/mol. The lowest BCUT2D eigenvalue weighted by Gasteiger charge is -2.32. The van der Waals surface area contributed by atoms with Crippen molar-refractivity contribution >= 4 is 18.3 Å². The van der Waals surface area contributed by atoms with Gasteiger partial charge in [0.15, 0.2) is 0 Å². The molecular weight excluding hydrogens is 314 g/mol. The summed E-state index contributed by atoms with van der Waals surface area (Å²) in [5, 5.41) is 3.38. The molecule has 1 amide bonds. The summed E-state index contributed by atoms with van der Waals surface area (Å²) < 4.78 is 0. The molecule has 0 spiro atoms. The summed E-state index contributed by atoms with van der Waals surface area (Å²) in [6.45, 7) is 5.97. The van der Waals surface area contributed by atoms with E-state index in [1.807, 2.05) is 4.90 Å². The van der Waals surface area contributed by atoms with E-state index >= 15 is 0 Å². The molecule has 126 valence electrons. The van der Waals surface area contributed by atoms with Crippen molar-refractivity contribution in [1.82, 2.24) is 25.1 Å². The number of aromatic nitrogens is 2.